The number of aliphatic hydroxyl groups is 1. The minimum atomic E-state index is -0.240. The molecule has 106 valence electrons. The van der Waals surface area contributed by atoms with Crippen molar-refractivity contribution in [3.63, 3.8) is 0 Å². The van der Waals surface area contributed by atoms with Gasteiger partial charge in [-0.3, -0.25) is 4.90 Å². The van der Waals surface area contributed by atoms with E-state index in [9.17, 15) is 5.11 Å². The number of ether oxygens (including phenoxy) is 1. The molecule has 6 nitrogen and oxygen atoms in total. The van der Waals surface area contributed by atoms with Crippen molar-refractivity contribution in [2.24, 2.45) is 0 Å². The lowest BCUT2D eigenvalue weighted by molar-refractivity contribution is 0.169. The number of aliphatic hydroxyl groups excluding tert-OH is 1. The van der Waals surface area contributed by atoms with Crippen LogP contribution in [-0.4, -0.2) is 46.5 Å². The average molecular weight is 275 g/mol. The van der Waals surface area contributed by atoms with Gasteiger partial charge in [-0.2, -0.15) is 4.98 Å². The summed E-state index contributed by atoms with van der Waals surface area (Å²) in [6, 6.07) is 7.54. The third kappa shape index (κ3) is 2.81. The second kappa shape index (κ2) is 5.60. The number of β-amino-alcohol motifs (C(OH)–C–C–N with tert-alkyl or cyclic N) is 1. The zero-order valence-corrected chi connectivity index (χ0v) is 11.3. The maximum atomic E-state index is 9.50. The molecular weight excluding hydrogens is 258 g/mol. The molecule has 1 aliphatic rings. The predicted octanol–water partition coefficient (Wildman–Crippen LogP) is 1.31. The quantitative estimate of drug-likeness (QED) is 0.907. The summed E-state index contributed by atoms with van der Waals surface area (Å²) in [5.41, 5.74) is 0.862. The van der Waals surface area contributed by atoms with Crippen molar-refractivity contribution < 1.29 is 14.4 Å². The molecule has 1 aromatic carbocycles. The molecule has 0 spiro atoms. The normalized spacial score (nSPS) is 19.4. The van der Waals surface area contributed by atoms with Gasteiger partial charge in [-0.15, -0.1) is 0 Å². The summed E-state index contributed by atoms with van der Waals surface area (Å²) in [7, 11) is 1.62. The van der Waals surface area contributed by atoms with E-state index in [1.165, 1.54) is 0 Å². The molecule has 1 fully saturated rings. The minimum Gasteiger partial charge on any atom is -0.497 e. The first-order chi connectivity index (χ1) is 9.74. The summed E-state index contributed by atoms with van der Waals surface area (Å²) in [4.78, 5) is 6.49. The van der Waals surface area contributed by atoms with Gasteiger partial charge in [-0.1, -0.05) is 17.3 Å². The molecular formula is C14H17N3O3. The third-order valence-corrected chi connectivity index (χ3v) is 3.40. The van der Waals surface area contributed by atoms with Crippen molar-refractivity contribution in [1.29, 1.82) is 0 Å². The van der Waals surface area contributed by atoms with Crippen LogP contribution in [0.25, 0.3) is 11.4 Å². The molecule has 1 N–H and O–H groups in total. The Hall–Kier alpha value is -1.92. The summed E-state index contributed by atoms with van der Waals surface area (Å²) >= 11 is 0. The maximum absolute atomic E-state index is 9.50. The minimum absolute atomic E-state index is 0.240. The smallest absolute Gasteiger partial charge is 0.241 e. The molecule has 0 saturated carbocycles. The van der Waals surface area contributed by atoms with E-state index >= 15 is 0 Å². The van der Waals surface area contributed by atoms with Gasteiger partial charge >= 0.3 is 0 Å². The Kier molecular flexibility index (Phi) is 3.66. The number of hydrogen-bond donors (Lipinski definition) is 1. The Morgan fingerprint density at radius 1 is 1.50 bits per heavy atom. The fraction of sp³-hybridized carbons (Fsp3) is 0.429. The lowest BCUT2D eigenvalue weighted by Crippen LogP contribution is -2.21. The summed E-state index contributed by atoms with van der Waals surface area (Å²) in [5.74, 6) is 1.88. The van der Waals surface area contributed by atoms with E-state index in [4.69, 9.17) is 9.26 Å². The van der Waals surface area contributed by atoms with Gasteiger partial charge < -0.3 is 14.4 Å². The van der Waals surface area contributed by atoms with Crippen LogP contribution in [0.5, 0.6) is 5.75 Å². The topological polar surface area (TPSA) is 71.6 Å². The Labute approximate surface area is 117 Å². The van der Waals surface area contributed by atoms with Crippen LogP contribution in [0.15, 0.2) is 28.8 Å². The Balaban J connectivity index is 1.72. The van der Waals surface area contributed by atoms with Gasteiger partial charge in [0.1, 0.15) is 5.75 Å². The zero-order valence-electron chi connectivity index (χ0n) is 11.3. The molecule has 0 amide bonds. The highest BCUT2D eigenvalue weighted by molar-refractivity contribution is 5.56. The van der Waals surface area contributed by atoms with Gasteiger partial charge in [0.2, 0.25) is 11.7 Å². The lowest BCUT2D eigenvalue weighted by atomic mass is 10.2. The van der Waals surface area contributed by atoms with Crippen molar-refractivity contribution in [3.8, 4) is 17.1 Å². The first-order valence-electron chi connectivity index (χ1n) is 6.62. The Morgan fingerprint density at radius 3 is 3.15 bits per heavy atom. The number of rotatable bonds is 4. The fourth-order valence-corrected chi connectivity index (χ4v) is 2.35. The fourth-order valence-electron chi connectivity index (χ4n) is 2.35. The summed E-state index contributed by atoms with van der Waals surface area (Å²) in [6.07, 6.45) is 0.562. The van der Waals surface area contributed by atoms with E-state index in [-0.39, 0.29) is 6.10 Å². The van der Waals surface area contributed by atoms with Crippen LogP contribution in [-0.2, 0) is 6.54 Å². The van der Waals surface area contributed by atoms with Crippen LogP contribution in [0.1, 0.15) is 12.3 Å². The van der Waals surface area contributed by atoms with Crippen molar-refractivity contribution in [2.45, 2.75) is 19.1 Å². The molecule has 0 unspecified atom stereocenters. The summed E-state index contributed by atoms with van der Waals surface area (Å²) in [6.45, 7) is 2.10. The summed E-state index contributed by atoms with van der Waals surface area (Å²) in [5, 5.41) is 13.5. The molecule has 1 aromatic heterocycles. The largest absolute Gasteiger partial charge is 0.497 e. The molecule has 6 heteroatoms. The average Bonchev–Trinajstić information content (AvgIpc) is 3.09. The number of likely N-dealkylation sites (tertiary alicyclic amines) is 1. The van der Waals surface area contributed by atoms with Gasteiger partial charge in [0, 0.05) is 18.7 Å². The second-order valence-electron chi connectivity index (χ2n) is 4.92. The molecule has 2 aromatic rings. The summed E-state index contributed by atoms with van der Waals surface area (Å²) < 4.78 is 10.4. The Morgan fingerprint density at radius 2 is 2.40 bits per heavy atom. The Bertz CT molecular complexity index is 585. The lowest BCUT2D eigenvalue weighted by Gasteiger charge is -2.10. The highest BCUT2D eigenvalue weighted by Gasteiger charge is 2.22. The third-order valence-electron chi connectivity index (χ3n) is 3.40. The highest BCUT2D eigenvalue weighted by Crippen LogP contribution is 2.22. The van der Waals surface area contributed by atoms with E-state index < -0.39 is 0 Å². The molecule has 2 heterocycles. The van der Waals surface area contributed by atoms with Crippen LogP contribution in [0.3, 0.4) is 0 Å². The number of aromatic nitrogens is 2. The van der Waals surface area contributed by atoms with E-state index in [0.29, 0.717) is 24.8 Å². The van der Waals surface area contributed by atoms with Crippen LogP contribution < -0.4 is 4.74 Å². The van der Waals surface area contributed by atoms with E-state index in [1.54, 1.807) is 7.11 Å². The van der Waals surface area contributed by atoms with Crippen LogP contribution in [0, 0.1) is 0 Å². The van der Waals surface area contributed by atoms with Gasteiger partial charge in [0.15, 0.2) is 0 Å². The SMILES string of the molecule is COc1cccc(-c2noc(CN3CC[C@@H](O)C3)n2)c1. The van der Waals surface area contributed by atoms with E-state index in [2.05, 4.69) is 15.0 Å². The first kappa shape index (κ1) is 13.1. The van der Waals surface area contributed by atoms with Gasteiger partial charge in [0.05, 0.1) is 19.8 Å². The molecule has 1 saturated heterocycles. The number of methoxy groups -OCH3 is 1. The molecule has 1 atom stereocenters. The molecule has 1 aliphatic heterocycles. The van der Waals surface area contributed by atoms with Crippen molar-refractivity contribution >= 4 is 0 Å². The monoisotopic (exact) mass is 275 g/mol. The highest BCUT2D eigenvalue weighted by atomic mass is 16.5. The number of nitrogens with zero attached hydrogens (tertiary/aromatic N) is 3. The van der Waals surface area contributed by atoms with E-state index in [0.717, 1.165) is 24.3 Å². The van der Waals surface area contributed by atoms with Gasteiger partial charge in [-0.05, 0) is 18.6 Å². The van der Waals surface area contributed by atoms with Crippen molar-refractivity contribution in [2.75, 3.05) is 20.2 Å². The van der Waals surface area contributed by atoms with Crippen molar-refractivity contribution in [3.05, 3.63) is 30.2 Å². The van der Waals surface area contributed by atoms with Crippen LogP contribution in [0.2, 0.25) is 0 Å². The molecule has 20 heavy (non-hydrogen) atoms. The zero-order chi connectivity index (χ0) is 13.9. The molecule has 0 bridgehead atoms. The maximum Gasteiger partial charge on any atom is 0.241 e. The molecule has 0 radical (unpaired) electrons. The standard InChI is InChI=1S/C14H17N3O3/c1-19-12-4-2-3-10(7-12)14-15-13(20-16-14)9-17-6-5-11(18)8-17/h2-4,7,11,18H,5-6,8-9H2,1H3/t11-/m1/s1. The number of benzene rings is 1. The molecule has 0 aliphatic carbocycles. The molecule has 3 rings (SSSR count). The van der Waals surface area contributed by atoms with Crippen molar-refractivity contribution in [1.82, 2.24) is 15.0 Å². The van der Waals surface area contributed by atoms with Gasteiger partial charge in [-0.25, -0.2) is 0 Å². The first-order valence-corrected chi connectivity index (χ1v) is 6.62. The second-order valence-corrected chi connectivity index (χ2v) is 4.92. The van der Waals surface area contributed by atoms with Crippen LogP contribution >= 0.6 is 0 Å². The van der Waals surface area contributed by atoms with Crippen LogP contribution in [0.4, 0.5) is 0 Å². The number of hydrogen-bond acceptors (Lipinski definition) is 6. The van der Waals surface area contributed by atoms with E-state index in [1.807, 2.05) is 24.3 Å². The predicted molar refractivity (Wildman–Crippen MR) is 72.2 cm³/mol. The van der Waals surface area contributed by atoms with Gasteiger partial charge in [0.25, 0.3) is 0 Å².